The van der Waals surface area contributed by atoms with Crippen molar-refractivity contribution in [2.45, 2.75) is 0 Å². The Hall–Kier alpha value is -2.34. The first kappa shape index (κ1) is 11.5. The van der Waals surface area contributed by atoms with Crippen LogP contribution in [0.3, 0.4) is 0 Å². The van der Waals surface area contributed by atoms with Crippen molar-refractivity contribution in [2.75, 3.05) is 19.2 Å². The van der Waals surface area contributed by atoms with Gasteiger partial charge in [0.1, 0.15) is 10.8 Å². The lowest BCUT2D eigenvalue weighted by atomic mass is 10.3. The topological polar surface area (TPSA) is 56.3 Å². The molecule has 1 aromatic carbocycles. The molecule has 0 bridgehead atoms. The quantitative estimate of drug-likeness (QED) is 0.784. The molecule has 1 aliphatic heterocycles. The number of aromatic nitrogens is 2. The number of nitrogens with one attached hydrogen (secondary N) is 1. The lowest BCUT2D eigenvalue weighted by Crippen LogP contribution is -1.92. The number of hydrogen-bond donors (Lipinski definition) is 1. The monoisotopic (exact) mass is 285 g/mol. The summed E-state index contributed by atoms with van der Waals surface area (Å²) in [5, 5.41) is 3.94. The highest BCUT2D eigenvalue weighted by Crippen LogP contribution is 2.39. The van der Waals surface area contributed by atoms with Crippen molar-refractivity contribution in [1.82, 2.24) is 9.97 Å². The molecule has 100 valence electrons. The van der Waals surface area contributed by atoms with E-state index < -0.39 is 0 Å². The second-order valence-electron chi connectivity index (χ2n) is 4.37. The molecule has 0 saturated carbocycles. The van der Waals surface area contributed by atoms with Crippen molar-refractivity contribution < 1.29 is 9.47 Å². The molecule has 0 amide bonds. The maximum atomic E-state index is 5.39. The summed E-state index contributed by atoms with van der Waals surface area (Å²) in [5.41, 5.74) is 1.93. The minimum absolute atomic E-state index is 0.287. The molecule has 4 rings (SSSR count). The largest absolute Gasteiger partial charge is 0.454 e. The van der Waals surface area contributed by atoms with Gasteiger partial charge in [0.15, 0.2) is 11.5 Å². The molecule has 0 radical (unpaired) electrons. The van der Waals surface area contributed by atoms with Gasteiger partial charge in [-0.2, -0.15) is 0 Å². The maximum Gasteiger partial charge on any atom is 0.231 e. The Bertz CT molecular complexity index is 742. The first-order chi connectivity index (χ1) is 9.83. The van der Waals surface area contributed by atoms with Crippen LogP contribution in [0.25, 0.3) is 20.8 Å². The zero-order valence-electron chi connectivity index (χ0n) is 10.7. The third kappa shape index (κ3) is 1.77. The molecule has 3 heterocycles. The van der Waals surface area contributed by atoms with Crippen molar-refractivity contribution in [1.29, 1.82) is 0 Å². The van der Waals surface area contributed by atoms with E-state index in [2.05, 4.69) is 15.3 Å². The smallest absolute Gasteiger partial charge is 0.231 e. The number of ether oxygens (including phenoxy) is 2. The second kappa shape index (κ2) is 4.35. The molecular weight excluding hydrogens is 274 g/mol. The molecule has 3 aromatic rings. The van der Waals surface area contributed by atoms with Crippen molar-refractivity contribution >= 4 is 27.4 Å². The van der Waals surface area contributed by atoms with Crippen molar-refractivity contribution in [3.8, 4) is 22.1 Å². The van der Waals surface area contributed by atoms with Crippen LogP contribution in [0.4, 0.5) is 5.82 Å². The number of anilines is 1. The highest BCUT2D eigenvalue weighted by molar-refractivity contribution is 7.21. The van der Waals surface area contributed by atoms with Gasteiger partial charge in [-0.1, -0.05) is 0 Å². The Balaban J connectivity index is 1.80. The molecule has 1 N–H and O–H groups in total. The van der Waals surface area contributed by atoms with Crippen LogP contribution in [-0.4, -0.2) is 23.8 Å². The van der Waals surface area contributed by atoms with E-state index in [1.165, 1.54) is 0 Å². The van der Waals surface area contributed by atoms with Crippen LogP contribution >= 0.6 is 11.3 Å². The van der Waals surface area contributed by atoms with E-state index in [1.54, 1.807) is 11.3 Å². The average molecular weight is 285 g/mol. The predicted molar refractivity (Wildman–Crippen MR) is 78.5 cm³/mol. The number of hydrogen-bond acceptors (Lipinski definition) is 6. The summed E-state index contributed by atoms with van der Waals surface area (Å²) < 4.78 is 11.8. The van der Waals surface area contributed by atoms with Crippen LogP contribution in [0.15, 0.2) is 30.5 Å². The van der Waals surface area contributed by atoms with Gasteiger partial charge in [0, 0.05) is 30.9 Å². The number of fused-ring (bicyclic) bond motifs is 2. The van der Waals surface area contributed by atoms with Gasteiger partial charge in [0.2, 0.25) is 6.79 Å². The van der Waals surface area contributed by atoms with Gasteiger partial charge in [-0.25, -0.2) is 9.97 Å². The van der Waals surface area contributed by atoms with Gasteiger partial charge >= 0.3 is 0 Å². The van der Waals surface area contributed by atoms with E-state index in [9.17, 15) is 0 Å². The molecule has 2 aromatic heterocycles. The van der Waals surface area contributed by atoms with Crippen molar-refractivity contribution in [3.05, 3.63) is 30.5 Å². The van der Waals surface area contributed by atoms with Crippen LogP contribution in [-0.2, 0) is 0 Å². The predicted octanol–water partition coefficient (Wildman–Crippen LogP) is 3.13. The van der Waals surface area contributed by atoms with E-state index in [0.717, 1.165) is 38.1 Å². The normalized spacial score (nSPS) is 12.8. The van der Waals surface area contributed by atoms with Gasteiger partial charge in [0.05, 0.1) is 10.2 Å². The molecule has 0 atom stereocenters. The highest BCUT2D eigenvalue weighted by atomic mass is 32.1. The molecular formula is C14H11N3O2S. The Kier molecular flexibility index (Phi) is 2.50. The number of benzene rings is 1. The second-order valence-corrected chi connectivity index (χ2v) is 5.40. The minimum Gasteiger partial charge on any atom is -0.454 e. The van der Waals surface area contributed by atoms with E-state index in [0.29, 0.717) is 0 Å². The summed E-state index contributed by atoms with van der Waals surface area (Å²) in [5.74, 6) is 2.39. The summed E-state index contributed by atoms with van der Waals surface area (Å²) >= 11 is 1.62. The fourth-order valence-electron chi connectivity index (χ4n) is 2.11. The molecule has 0 aliphatic carbocycles. The van der Waals surface area contributed by atoms with E-state index in [-0.39, 0.29) is 6.79 Å². The number of thiazole rings is 1. The van der Waals surface area contributed by atoms with Gasteiger partial charge in [-0.3, -0.25) is 0 Å². The molecule has 6 heteroatoms. The SMILES string of the molecule is CNc1ccc(-c2nc3cc4c(cc3s2)OCO4)cn1. The van der Waals surface area contributed by atoms with Crippen LogP contribution < -0.4 is 14.8 Å². The molecule has 0 unspecified atom stereocenters. The summed E-state index contributed by atoms with van der Waals surface area (Å²) in [6.45, 7) is 0.287. The first-order valence-electron chi connectivity index (χ1n) is 6.18. The fourth-order valence-corrected chi connectivity index (χ4v) is 3.08. The summed E-state index contributed by atoms with van der Waals surface area (Å²) in [4.78, 5) is 8.95. The first-order valence-corrected chi connectivity index (χ1v) is 6.99. The zero-order valence-corrected chi connectivity index (χ0v) is 11.5. The van der Waals surface area contributed by atoms with Gasteiger partial charge in [0.25, 0.3) is 0 Å². The molecule has 20 heavy (non-hydrogen) atoms. The Morgan fingerprint density at radius 2 is 2.05 bits per heavy atom. The third-order valence-electron chi connectivity index (χ3n) is 3.15. The van der Waals surface area contributed by atoms with Crippen LogP contribution in [0.2, 0.25) is 0 Å². The average Bonchev–Trinajstić information content (AvgIpc) is 3.10. The standard InChI is InChI=1S/C14H11N3O2S/c1-15-13-3-2-8(6-16-13)14-17-9-4-10-11(19-7-18-10)5-12(9)20-14/h2-6H,7H2,1H3,(H,15,16). The Labute approximate surface area is 119 Å². The highest BCUT2D eigenvalue weighted by Gasteiger charge is 2.17. The lowest BCUT2D eigenvalue weighted by molar-refractivity contribution is 0.174. The van der Waals surface area contributed by atoms with Gasteiger partial charge in [-0.05, 0) is 12.1 Å². The van der Waals surface area contributed by atoms with E-state index in [1.807, 2.05) is 37.5 Å². The number of nitrogens with zero attached hydrogens (tertiary/aromatic N) is 2. The van der Waals surface area contributed by atoms with E-state index in [4.69, 9.17) is 9.47 Å². The molecule has 1 aliphatic rings. The summed E-state index contributed by atoms with van der Waals surface area (Å²) in [7, 11) is 1.85. The lowest BCUT2D eigenvalue weighted by Gasteiger charge is -1.99. The van der Waals surface area contributed by atoms with Gasteiger partial charge < -0.3 is 14.8 Å². The number of rotatable bonds is 2. The summed E-state index contributed by atoms with van der Waals surface area (Å²) in [6.07, 6.45) is 1.82. The molecule has 0 spiro atoms. The van der Waals surface area contributed by atoms with Crippen molar-refractivity contribution in [2.24, 2.45) is 0 Å². The van der Waals surface area contributed by atoms with Crippen LogP contribution in [0, 0.1) is 0 Å². The Morgan fingerprint density at radius 1 is 1.20 bits per heavy atom. The summed E-state index contributed by atoms with van der Waals surface area (Å²) in [6, 6.07) is 7.85. The van der Waals surface area contributed by atoms with E-state index >= 15 is 0 Å². The van der Waals surface area contributed by atoms with Crippen molar-refractivity contribution in [3.63, 3.8) is 0 Å². The Morgan fingerprint density at radius 3 is 2.80 bits per heavy atom. The maximum absolute atomic E-state index is 5.39. The van der Waals surface area contributed by atoms with Crippen LogP contribution in [0.1, 0.15) is 0 Å². The molecule has 0 fully saturated rings. The van der Waals surface area contributed by atoms with Crippen LogP contribution in [0.5, 0.6) is 11.5 Å². The van der Waals surface area contributed by atoms with Gasteiger partial charge in [-0.15, -0.1) is 11.3 Å². The fraction of sp³-hybridized carbons (Fsp3) is 0.143. The number of pyridine rings is 1. The zero-order chi connectivity index (χ0) is 13.5. The third-order valence-corrected chi connectivity index (χ3v) is 4.22. The minimum atomic E-state index is 0.287. The molecule has 0 saturated heterocycles. The molecule has 5 nitrogen and oxygen atoms in total.